The van der Waals surface area contributed by atoms with Gasteiger partial charge in [0.2, 0.25) is 6.33 Å². The molecular formula is C16H17N2+. The molecule has 0 atom stereocenters. The van der Waals surface area contributed by atoms with Crippen molar-refractivity contribution in [3.8, 4) is 5.69 Å². The van der Waals surface area contributed by atoms with E-state index in [4.69, 9.17) is 0 Å². The first-order valence-corrected chi connectivity index (χ1v) is 6.19. The van der Waals surface area contributed by atoms with Gasteiger partial charge in [0.15, 0.2) is 0 Å². The Labute approximate surface area is 107 Å². The number of fused-ring (bicyclic) bond motifs is 1. The van der Waals surface area contributed by atoms with Crippen LogP contribution in [0.2, 0.25) is 0 Å². The summed E-state index contributed by atoms with van der Waals surface area (Å²) in [6, 6.07) is 10.9. The third-order valence-electron chi connectivity index (χ3n) is 3.46. The van der Waals surface area contributed by atoms with Crippen LogP contribution in [0.25, 0.3) is 16.5 Å². The van der Waals surface area contributed by atoms with E-state index in [-0.39, 0.29) is 0 Å². The van der Waals surface area contributed by atoms with Crippen molar-refractivity contribution in [3.05, 3.63) is 60.2 Å². The summed E-state index contributed by atoms with van der Waals surface area (Å²) in [5.74, 6) is 0. The maximum Gasteiger partial charge on any atom is 0.248 e. The van der Waals surface area contributed by atoms with Crippen LogP contribution in [0, 0.1) is 13.8 Å². The number of imidazole rings is 1. The van der Waals surface area contributed by atoms with Crippen molar-refractivity contribution in [2.75, 3.05) is 0 Å². The van der Waals surface area contributed by atoms with E-state index < -0.39 is 0 Å². The van der Waals surface area contributed by atoms with Crippen molar-refractivity contribution in [1.29, 1.82) is 0 Å². The van der Waals surface area contributed by atoms with Gasteiger partial charge in [0.1, 0.15) is 18.1 Å². The minimum atomic E-state index is 1.28. The van der Waals surface area contributed by atoms with Crippen LogP contribution in [0.5, 0.6) is 0 Å². The Bertz CT molecular complexity index is 723. The minimum Gasteiger partial charge on any atom is -0.239 e. The number of aromatic nitrogens is 2. The molecular weight excluding hydrogens is 220 g/mol. The summed E-state index contributed by atoms with van der Waals surface area (Å²) < 4.78 is 4.27. The van der Waals surface area contributed by atoms with Gasteiger partial charge in [-0.3, -0.25) is 0 Å². The van der Waals surface area contributed by atoms with Gasteiger partial charge in [0.05, 0.1) is 7.05 Å². The fourth-order valence-electron chi connectivity index (χ4n) is 2.56. The Morgan fingerprint density at radius 2 is 1.83 bits per heavy atom. The van der Waals surface area contributed by atoms with Crippen molar-refractivity contribution in [1.82, 2.24) is 4.57 Å². The number of rotatable bonds is 1. The molecule has 0 aliphatic rings. The Kier molecular flexibility index (Phi) is 2.44. The summed E-state index contributed by atoms with van der Waals surface area (Å²) in [4.78, 5) is 0. The van der Waals surface area contributed by atoms with Crippen molar-refractivity contribution < 1.29 is 4.57 Å². The average Bonchev–Trinajstić information content (AvgIpc) is 2.76. The van der Waals surface area contributed by atoms with E-state index in [0.29, 0.717) is 0 Å². The molecule has 1 heterocycles. The van der Waals surface area contributed by atoms with Gasteiger partial charge in [-0.25, -0.2) is 9.13 Å². The highest BCUT2D eigenvalue weighted by Gasteiger charge is 2.13. The van der Waals surface area contributed by atoms with Crippen molar-refractivity contribution in [3.63, 3.8) is 0 Å². The van der Waals surface area contributed by atoms with Crippen molar-refractivity contribution in [2.24, 2.45) is 7.05 Å². The minimum absolute atomic E-state index is 1.28. The molecule has 3 aromatic rings. The van der Waals surface area contributed by atoms with Gasteiger partial charge in [0, 0.05) is 5.39 Å². The molecule has 0 spiro atoms. The summed E-state index contributed by atoms with van der Waals surface area (Å²) in [6.45, 7) is 4.34. The molecule has 0 bridgehead atoms. The van der Waals surface area contributed by atoms with Gasteiger partial charge >= 0.3 is 0 Å². The Morgan fingerprint density at radius 1 is 1.00 bits per heavy atom. The lowest BCUT2D eigenvalue weighted by Crippen LogP contribution is -2.23. The molecule has 90 valence electrons. The number of benzene rings is 2. The van der Waals surface area contributed by atoms with Crippen LogP contribution in [-0.4, -0.2) is 4.57 Å². The predicted molar refractivity (Wildman–Crippen MR) is 73.9 cm³/mol. The first-order chi connectivity index (χ1) is 8.66. The molecule has 0 radical (unpaired) electrons. The molecule has 0 unspecified atom stereocenters. The number of hydrogen-bond donors (Lipinski definition) is 0. The van der Waals surface area contributed by atoms with Gasteiger partial charge in [-0.05, 0) is 30.4 Å². The molecule has 0 saturated heterocycles. The fourth-order valence-corrected chi connectivity index (χ4v) is 2.56. The van der Waals surface area contributed by atoms with E-state index in [1.165, 1.54) is 27.6 Å². The summed E-state index contributed by atoms with van der Waals surface area (Å²) in [5, 5.41) is 2.64. The van der Waals surface area contributed by atoms with Gasteiger partial charge in [0.25, 0.3) is 0 Å². The van der Waals surface area contributed by atoms with E-state index in [1.807, 2.05) is 7.05 Å². The second kappa shape index (κ2) is 3.98. The SMILES string of the molecule is Cc1ccc2cccc(C)c2c1-n1cc[n+](C)c1. The van der Waals surface area contributed by atoms with Crippen LogP contribution < -0.4 is 4.57 Å². The first kappa shape index (κ1) is 11.0. The van der Waals surface area contributed by atoms with Crippen LogP contribution in [-0.2, 0) is 7.05 Å². The predicted octanol–water partition coefficient (Wildman–Crippen LogP) is 3.07. The van der Waals surface area contributed by atoms with E-state index in [1.54, 1.807) is 0 Å². The van der Waals surface area contributed by atoms with Crippen LogP contribution >= 0.6 is 0 Å². The molecule has 18 heavy (non-hydrogen) atoms. The van der Waals surface area contributed by atoms with Gasteiger partial charge in [-0.1, -0.05) is 30.3 Å². The molecule has 3 rings (SSSR count). The molecule has 2 heteroatoms. The lowest BCUT2D eigenvalue weighted by molar-refractivity contribution is -0.670. The molecule has 0 aliphatic carbocycles. The second-order valence-corrected chi connectivity index (χ2v) is 4.89. The fraction of sp³-hybridized carbons (Fsp3) is 0.188. The quantitative estimate of drug-likeness (QED) is 0.575. The molecule has 0 saturated carbocycles. The second-order valence-electron chi connectivity index (χ2n) is 4.89. The van der Waals surface area contributed by atoms with Crippen molar-refractivity contribution in [2.45, 2.75) is 13.8 Å². The molecule has 0 amide bonds. The van der Waals surface area contributed by atoms with Gasteiger partial charge < -0.3 is 0 Å². The standard InChI is InChI=1S/C16H17N2/c1-12-5-4-6-14-8-7-13(2)16(15(12)14)18-10-9-17(3)11-18/h4-11H,1-3H3/q+1. The highest BCUT2D eigenvalue weighted by Crippen LogP contribution is 2.28. The molecule has 1 aromatic heterocycles. The highest BCUT2D eigenvalue weighted by atomic mass is 15.1. The van der Waals surface area contributed by atoms with Crippen LogP contribution in [0.15, 0.2) is 49.1 Å². The molecule has 0 N–H and O–H groups in total. The van der Waals surface area contributed by atoms with Crippen LogP contribution in [0.1, 0.15) is 11.1 Å². The van der Waals surface area contributed by atoms with Crippen LogP contribution in [0.3, 0.4) is 0 Å². The summed E-state index contributed by atoms with van der Waals surface area (Å²) in [7, 11) is 2.05. The molecule has 0 aliphatic heterocycles. The first-order valence-electron chi connectivity index (χ1n) is 6.19. The number of hydrogen-bond acceptors (Lipinski definition) is 0. The zero-order valence-electron chi connectivity index (χ0n) is 11.0. The average molecular weight is 237 g/mol. The Balaban J connectivity index is 2.43. The lowest BCUT2D eigenvalue weighted by Gasteiger charge is -2.09. The largest absolute Gasteiger partial charge is 0.248 e. The zero-order chi connectivity index (χ0) is 12.7. The third-order valence-corrected chi connectivity index (χ3v) is 3.46. The summed E-state index contributed by atoms with van der Waals surface area (Å²) in [6.07, 6.45) is 6.28. The maximum absolute atomic E-state index is 2.20. The zero-order valence-corrected chi connectivity index (χ0v) is 11.0. The van der Waals surface area contributed by atoms with E-state index in [0.717, 1.165) is 0 Å². The molecule has 0 fully saturated rings. The van der Waals surface area contributed by atoms with E-state index in [2.05, 4.69) is 72.0 Å². The van der Waals surface area contributed by atoms with E-state index in [9.17, 15) is 0 Å². The highest BCUT2D eigenvalue weighted by molar-refractivity contribution is 5.94. The smallest absolute Gasteiger partial charge is 0.239 e. The van der Waals surface area contributed by atoms with E-state index >= 15 is 0 Å². The number of nitrogens with zero attached hydrogens (tertiary/aromatic N) is 2. The maximum atomic E-state index is 2.20. The number of aryl methyl sites for hydroxylation is 3. The lowest BCUT2D eigenvalue weighted by atomic mass is 10.0. The molecule has 2 aromatic carbocycles. The normalized spacial score (nSPS) is 11.1. The van der Waals surface area contributed by atoms with Crippen molar-refractivity contribution >= 4 is 10.8 Å². The summed E-state index contributed by atoms with van der Waals surface area (Å²) >= 11 is 0. The van der Waals surface area contributed by atoms with Gasteiger partial charge in [-0.2, -0.15) is 0 Å². The Morgan fingerprint density at radius 3 is 2.56 bits per heavy atom. The topological polar surface area (TPSA) is 8.81 Å². The summed E-state index contributed by atoms with van der Waals surface area (Å²) in [5.41, 5.74) is 3.90. The molecule has 2 nitrogen and oxygen atoms in total. The van der Waals surface area contributed by atoms with Crippen LogP contribution in [0.4, 0.5) is 0 Å². The third kappa shape index (κ3) is 1.61. The van der Waals surface area contributed by atoms with Gasteiger partial charge in [-0.15, -0.1) is 0 Å². The monoisotopic (exact) mass is 237 g/mol. The Hall–Kier alpha value is -2.09.